The lowest BCUT2D eigenvalue weighted by atomic mass is 10.2. The Labute approximate surface area is 129 Å². The van der Waals surface area contributed by atoms with Crippen LogP contribution in [0.5, 0.6) is 0 Å². The van der Waals surface area contributed by atoms with Gasteiger partial charge in [0, 0.05) is 17.2 Å². The van der Waals surface area contributed by atoms with Crippen LogP contribution in [0.3, 0.4) is 0 Å². The van der Waals surface area contributed by atoms with Crippen LogP contribution in [-0.2, 0) is 4.79 Å². The van der Waals surface area contributed by atoms with E-state index in [1.165, 1.54) is 24.5 Å². The highest BCUT2D eigenvalue weighted by molar-refractivity contribution is 6.31. The lowest BCUT2D eigenvalue weighted by Gasteiger charge is -2.05. The van der Waals surface area contributed by atoms with Gasteiger partial charge in [0.15, 0.2) is 0 Å². The summed E-state index contributed by atoms with van der Waals surface area (Å²) in [6.45, 7) is 0. The van der Waals surface area contributed by atoms with Gasteiger partial charge >= 0.3 is 0 Å². The highest BCUT2D eigenvalue weighted by Crippen LogP contribution is 2.28. The summed E-state index contributed by atoms with van der Waals surface area (Å²) < 4.78 is 5.01. The third kappa shape index (κ3) is 3.50. The van der Waals surface area contributed by atoms with Crippen LogP contribution in [0, 0.1) is 21.4 Å². The zero-order chi connectivity index (χ0) is 16.1. The van der Waals surface area contributed by atoms with E-state index in [2.05, 4.69) is 5.32 Å². The van der Waals surface area contributed by atoms with Crippen molar-refractivity contribution in [3.63, 3.8) is 0 Å². The zero-order valence-corrected chi connectivity index (χ0v) is 11.7. The van der Waals surface area contributed by atoms with Gasteiger partial charge in [0.2, 0.25) is 0 Å². The number of anilines is 1. The van der Waals surface area contributed by atoms with Crippen molar-refractivity contribution in [2.45, 2.75) is 0 Å². The smallest absolute Gasteiger partial charge is 0.294 e. The molecule has 0 saturated heterocycles. The Kier molecular flexibility index (Phi) is 4.56. The molecule has 0 spiro atoms. The summed E-state index contributed by atoms with van der Waals surface area (Å²) in [7, 11) is 0. The molecule has 8 heteroatoms. The summed E-state index contributed by atoms with van der Waals surface area (Å²) in [5.74, 6) is -0.471. The van der Waals surface area contributed by atoms with Crippen molar-refractivity contribution >= 4 is 35.0 Å². The number of nitro groups is 1. The molecule has 1 aromatic heterocycles. The Morgan fingerprint density at radius 3 is 2.82 bits per heavy atom. The minimum absolute atomic E-state index is 0.0556. The molecule has 0 aliphatic heterocycles. The third-order valence-corrected chi connectivity index (χ3v) is 2.83. The first-order valence-corrected chi connectivity index (χ1v) is 6.29. The van der Waals surface area contributed by atoms with Crippen LogP contribution in [0.1, 0.15) is 5.76 Å². The number of carbonyl (C=O) groups is 1. The van der Waals surface area contributed by atoms with Gasteiger partial charge in [-0.25, -0.2) is 0 Å². The maximum Gasteiger partial charge on any atom is 0.294 e. The second-order valence-electron chi connectivity index (χ2n) is 4.06. The van der Waals surface area contributed by atoms with Crippen LogP contribution in [0.25, 0.3) is 6.08 Å². The first-order valence-electron chi connectivity index (χ1n) is 5.92. The quantitative estimate of drug-likeness (QED) is 0.402. The Bertz CT molecular complexity index is 791. The van der Waals surface area contributed by atoms with E-state index in [1.807, 2.05) is 0 Å². The molecule has 1 aromatic carbocycles. The minimum Gasteiger partial charge on any atom is -0.465 e. The van der Waals surface area contributed by atoms with Crippen molar-refractivity contribution in [1.29, 1.82) is 5.26 Å². The number of furan rings is 1. The normalized spacial score (nSPS) is 10.8. The Morgan fingerprint density at radius 1 is 1.45 bits per heavy atom. The maximum absolute atomic E-state index is 12.0. The summed E-state index contributed by atoms with van der Waals surface area (Å²) >= 11 is 5.69. The van der Waals surface area contributed by atoms with Crippen LogP contribution in [-0.4, -0.2) is 10.8 Å². The standard InChI is InChI=1S/C14H8ClN3O4/c15-10-3-4-12(13(7-10)18(20)21)17-14(19)9(8-16)6-11-2-1-5-22-11/h1-7H,(H,17,19)/b9-6+. The number of halogens is 1. The van der Waals surface area contributed by atoms with Crippen LogP contribution < -0.4 is 5.32 Å². The highest BCUT2D eigenvalue weighted by Gasteiger charge is 2.18. The lowest BCUT2D eigenvalue weighted by molar-refractivity contribution is -0.383. The maximum atomic E-state index is 12.0. The molecule has 0 aliphatic carbocycles. The molecule has 1 N–H and O–H groups in total. The number of nitro benzene ring substituents is 1. The average Bonchev–Trinajstić information content (AvgIpc) is 2.99. The Morgan fingerprint density at radius 2 is 2.23 bits per heavy atom. The van der Waals surface area contributed by atoms with Gasteiger partial charge < -0.3 is 9.73 Å². The fraction of sp³-hybridized carbons (Fsp3) is 0. The number of hydrogen-bond acceptors (Lipinski definition) is 5. The fourth-order valence-electron chi connectivity index (χ4n) is 1.62. The Hall–Kier alpha value is -3.11. The van der Waals surface area contributed by atoms with Crippen molar-refractivity contribution in [3.8, 4) is 6.07 Å². The van der Waals surface area contributed by atoms with E-state index >= 15 is 0 Å². The van der Waals surface area contributed by atoms with Crippen LogP contribution >= 0.6 is 11.6 Å². The highest BCUT2D eigenvalue weighted by atomic mass is 35.5. The topological polar surface area (TPSA) is 109 Å². The molecule has 110 valence electrons. The molecule has 0 saturated carbocycles. The number of nitrogens with zero attached hydrogens (tertiary/aromatic N) is 2. The summed E-state index contributed by atoms with van der Waals surface area (Å²) in [5, 5.41) is 22.4. The number of carbonyl (C=O) groups excluding carboxylic acids is 1. The molecule has 0 fully saturated rings. The molecule has 2 rings (SSSR count). The van der Waals surface area contributed by atoms with E-state index in [-0.39, 0.29) is 22.0 Å². The van der Waals surface area contributed by atoms with E-state index in [9.17, 15) is 14.9 Å². The van der Waals surface area contributed by atoms with Crippen molar-refractivity contribution < 1.29 is 14.1 Å². The van der Waals surface area contributed by atoms with E-state index in [0.717, 1.165) is 6.07 Å². The third-order valence-electron chi connectivity index (χ3n) is 2.60. The van der Waals surface area contributed by atoms with Crippen molar-refractivity contribution in [1.82, 2.24) is 0 Å². The summed E-state index contributed by atoms with van der Waals surface area (Å²) in [4.78, 5) is 22.3. The van der Waals surface area contributed by atoms with Gasteiger partial charge in [-0.15, -0.1) is 0 Å². The van der Waals surface area contributed by atoms with Gasteiger partial charge in [-0.05, 0) is 24.3 Å². The summed E-state index contributed by atoms with van der Waals surface area (Å²) in [5.41, 5.74) is -0.671. The molecule has 0 unspecified atom stereocenters. The monoisotopic (exact) mass is 317 g/mol. The molecule has 0 atom stereocenters. The van der Waals surface area contributed by atoms with Crippen LogP contribution in [0.2, 0.25) is 5.02 Å². The average molecular weight is 318 g/mol. The van der Waals surface area contributed by atoms with Crippen molar-refractivity contribution in [2.24, 2.45) is 0 Å². The number of benzene rings is 1. The van der Waals surface area contributed by atoms with Gasteiger partial charge in [0.05, 0.1) is 11.2 Å². The van der Waals surface area contributed by atoms with Gasteiger partial charge in [-0.3, -0.25) is 14.9 Å². The molecule has 22 heavy (non-hydrogen) atoms. The predicted octanol–water partition coefficient (Wildman–Crippen LogP) is 3.39. The zero-order valence-electron chi connectivity index (χ0n) is 10.9. The van der Waals surface area contributed by atoms with Gasteiger partial charge in [-0.2, -0.15) is 5.26 Å². The summed E-state index contributed by atoms with van der Waals surface area (Å²) in [6.07, 6.45) is 2.62. The van der Waals surface area contributed by atoms with Gasteiger partial charge in [-0.1, -0.05) is 11.6 Å². The van der Waals surface area contributed by atoms with E-state index < -0.39 is 10.8 Å². The molecule has 0 radical (unpaired) electrons. The van der Waals surface area contributed by atoms with Gasteiger partial charge in [0.25, 0.3) is 11.6 Å². The fourth-order valence-corrected chi connectivity index (χ4v) is 1.78. The molecule has 0 aliphatic rings. The van der Waals surface area contributed by atoms with Crippen molar-refractivity contribution in [3.05, 3.63) is 63.1 Å². The van der Waals surface area contributed by atoms with E-state index in [1.54, 1.807) is 18.2 Å². The molecule has 0 bridgehead atoms. The molecule has 1 heterocycles. The SMILES string of the molecule is N#C/C(=C\c1ccco1)C(=O)Nc1ccc(Cl)cc1[N+](=O)[O-]. The molecule has 1 amide bonds. The molecule has 7 nitrogen and oxygen atoms in total. The molecule has 2 aromatic rings. The van der Waals surface area contributed by atoms with Crippen LogP contribution in [0.4, 0.5) is 11.4 Å². The number of amides is 1. The van der Waals surface area contributed by atoms with E-state index in [4.69, 9.17) is 21.3 Å². The van der Waals surface area contributed by atoms with Gasteiger partial charge in [0.1, 0.15) is 23.1 Å². The van der Waals surface area contributed by atoms with E-state index in [0.29, 0.717) is 5.76 Å². The lowest BCUT2D eigenvalue weighted by Crippen LogP contribution is -2.14. The van der Waals surface area contributed by atoms with Crippen molar-refractivity contribution in [2.75, 3.05) is 5.32 Å². The summed E-state index contributed by atoms with van der Waals surface area (Å²) in [6, 6.07) is 8.68. The number of nitrogens with one attached hydrogen (secondary N) is 1. The first-order chi connectivity index (χ1) is 10.5. The van der Waals surface area contributed by atoms with Crippen LogP contribution in [0.15, 0.2) is 46.6 Å². The number of rotatable bonds is 4. The largest absolute Gasteiger partial charge is 0.465 e. The number of hydrogen-bond donors (Lipinski definition) is 1. The minimum atomic E-state index is -0.788. The first kappa shape index (κ1) is 15.3. The molecular weight excluding hydrogens is 310 g/mol. The number of nitriles is 1. The Balaban J connectivity index is 2.29. The second-order valence-corrected chi connectivity index (χ2v) is 4.49. The predicted molar refractivity (Wildman–Crippen MR) is 79.0 cm³/mol. The second kappa shape index (κ2) is 6.56. The molecular formula is C14H8ClN3O4.